The molecule has 3 rings (SSSR count). The fourth-order valence-corrected chi connectivity index (χ4v) is 2.91. The van der Waals surface area contributed by atoms with E-state index in [-0.39, 0.29) is 11.7 Å². The first kappa shape index (κ1) is 16.6. The normalized spacial score (nSPS) is 16.8. The summed E-state index contributed by atoms with van der Waals surface area (Å²) in [6.07, 6.45) is 1.99. The van der Waals surface area contributed by atoms with E-state index in [1.807, 2.05) is 0 Å². The number of nitrogens with one attached hydrogen (secondary N) is 2. The second-order valence-corrected chi connectivity index (χ2v) is 6.21. The lowest BCUT2D eigenvalue weighted by molar-refractivity contribution is -0.117. The van der Waals surface area contributed by atoms with Gasteiger partial charge in [0.2, 0.25) is 11.9 Å². The number of hydrogen-bond donors (Lipinski definition) is 2. The molecule has 1 amide bonds. The SMILES string of the molecule is CC(C(=O)Nc1nc(C2CCNCC2)nn1C)c1cccc(F)c1. The Balaban J connectivity index is 1.71. The van der Waals surface area contributed by atoms with Gasteiger partial charge in [0.1, 0.15) is 5.82 Å². The van der Waals surface area contributed by atoms with Gasteiger partial charge in [0, 0.05) is 13.0 Å². The number of nitrogens with zero attached hydrogens (tertiary/aromatic N) is 3. The van der Waals surface area contributed by atoms with Crippen LogP contribution in [-0.4, -0.2) is 33.8 Å². The van der Waals surface area contributed by atoms with Crippen LogP contribution in [0.25, 0.3) is 0 Å². The molecule has 0 saturated carbocycles. The molecule has 0 radical (unpaired) electrons. The predicted octanol–water partition coefficient (Wildman–Crippen LogP) is 2.16. The minimum Gasteiger partial charge on any atom is -0.317 e. The van der Waals surface area contributed by atoms with Crippen LogP contribution >= 0.6 is 0 Å². The number of piperidine rings is 1. The second-order valence-electron chi connectivity index (χ2n) is 6.21. The van der Waals surface area contributed by atoms with Gasteiger partial charge in [0.05, 0.1) is 5.92 Å². The molecule has 24 heavy (non-hydrogen) atoms. The molecule has 0 bridgehead atoms. The molecule has 2 aromatic rings. The van der Waals surface area contributed by atoms with Gasteiger partial charge >= 0.3 is 0 Å². The van der Waals surface area contributed by atoms with Gasteiger partial charge in [-0.3, -0.25) is 10.1 Å². The highest BCUT2D eigenvalue weighted by molar-refractivity contribution is 5.94. The molecule has 1 aromatic heterocycles. The molecule has 1 aliphatic rings. The van der Waals surface area contributed by atoms with Crippen LogP contribution in [0.15, 0.2) is 24.3 Å². The molecule has 2 heterocycles. The predicted molar refractivity (Wildman–Crippen MR) is 89.3 cm³/mol. The van der Waals surface area contributed by atoms with Crippen molar-refractivity contribution in [3.8, 4) is 0 Å². The smallest absolute Gasteiger partial charge is 0.233 e. The van der Waals surface area contributed by atoms with E-state index in [1.165, 1.54) is 12.1 Å². The van der Waals surface area contributed by atoms with Gasteiger partial charge in [-0.1, -0.05) is 12.1 Å². The topological polar surface area (TPSA) is 71.8 Å². The van der Waals surface area contributed by atoms with Crippen molar-refractivity contribution in [2.24, 2.45) is 7.05 Å². The Bertz CT molecular complexity index is 724. The molecule has 1 unspecified atom stereocenters. The number of amides is 1. The van der Waals surface area contributed by atoms with Crippen molar-refractivity contribution in [3.05, 3.63) is 41.5 Å². The van der Waals surface area contributed by atoms with Crippen LogP contribution in [0.2, 0.25) is 0 Å². The van der Waals surface area contributed by atoms with Crippen LogP contribution < -0.4 is 10.6 Å². The number of aryl methyl sites for hydroxylation is 1. The molecule has 0 spiro atoms. The molecular formula is C17H22FN5O. The first-order valence-corrected chi connectivity index (χ1v) is 8.22. The fraction of sp³-hybridized carbons (Fsp3) is 0.471. The van der Waals surface area contributed by atoms with Crippen LogP contribution in [0.1, 0.15) is 43.0 Å². The Kier molecular flexibility index (Phi) is 4.89. The minimum absolute atomic E-state index is 0.229. The van der Waals surface area contributed by atoms with E-state index >= 15 is 0 Å². The zero-order chi connectivity index (χ0) is 17.1. The van der Waals surface area contributed by atoms with Gasteiger partial charge in [0.25, 0.3) is 0 Å². The van der Waals surface area contributed by atoms with Gasteiger partial charge in [0.15, 0.2) is 5.82 Å². The Morgan fingerprint density at radius 1 is 1.42 bits per heavy atom. The van der Waals surface area contributed by atoms with E-state index in [0.29, 0.717) is 17.4 Å². The lowest BCUT2D eigenvalue weighted by Crippen LogP contribution is -2.27. The molecule has 0 aliphatic carbocycles. The second kappa shape index (κ2) is 7.09. The number of carbonyl (C=O) groups is 1. The monoisotopic (exact) mass is 331 g/mol. The number of rotatable bonds is 4. The molecule has 7 heteroatoms. The van der Waals surface area contributed by atoms with Gasteiger partial charge in [-0.25, -0.2) is 9.07 Å². The standard InChI is InChI=1S/C17H22FN5O/c1-11(13-4-3-5-14(18)10-13)16(24)21-17-20-15(22-23(17)2)12-6-8-19-9-7-12/h3-5,10-12,19H,6-9H2,1-2H3,(H,20,21,22,24). The number of anilines is 1. The third-order valence-electron chi connectivity index (χ3n) is 4.46. The summed E-state index contributed by atoms with van der Waals surface area (Å²) < 4.78 is 14.9. The van der Waals surface area contributed by atoms with Crippen molar-refractivity contribution in [3.63, 3.8) is 0 Å². The average Bonchev–Trinajstić information content (AvgIpc) is 2.95. The molecular weight excluding hydrogens is 309 g/mol. The van der Waals surface area contributed by atoms with E-state index in [4.69, 9.17) is 0 Å². The van der Waals surface area contributed by atoms with Crippen molar-refractivity contribution in [1.82, 2.24) is 20.1 Å². The molecule has 1 atom stereocenters. The molecule has 1 saturated heterocycles. The van der Waals surface area contributed by atoms with Gasteiger partial charge in [-0.2, -0.15) is 10.1 Å². The largest absolute Gasteiger partial charge is 0.317 e. The van der Waals surface area contributed by atoms with Crippen LogP contribution in [-0.2, 0) is 11.8 Å². The van der Waals surface area contributed by atoms with Crippen molar-refractivity contribution < 1.29 is 9.18 Å². The third kappa shape index (κ3) is 3.62. The maximum atomic E-state index is 13.3. The van der Waals surface area contributed by atoms with Crippen molar-refractivity contribution in [1.29, 1.82) is 0 Å². The van der Waals surface area contributed by atoms with Crippen molar-refractivity contribution in [2.45, 2.75) is 31.6 Å². The molecule has 1 aromatic carbocycles. The molecule has 1 fully saturated rings. The third-order valence-corrected chi connectivity index (χ3v) is 4.46. The summed E-state index contributed by atoms with van der Waals surface area (Å²) in [5, 5.41) is 10.5. The highest BCUT2D eigenvalue weighted by atomic mass is 19.1. The summed E-state index contributed by atoms with van der Waals surface area (Å²) in [6.45, 7) is 3.66. The molecule has 2 N–H and O–H groups in total. The summed E-state index contributed by atoms with van der Waals surface area (Å²) in [4.78, 5) is 16.9. The lowest BCUT2D eigenvalue weighted by Gasteiger charge is -2.19. The van der Waals surface area contributed by atoms with Gasteiger partial charge in [-0.15, -0.1) is 0 Å². The highest BCUT2D eigenvalue weighted by Gasteiger charge is 2.23. The number of hydrogen-bond acceptors (Lipinski definition) is 4. The van der Waals surface area contributed by atoms with Gasteiger partial charge in [-0.05, 0) is 50.6 Å². The van der Waals surface area contributed by atoms with Crippen molar-refractivity contribution >= 4 is 11.9 Å². The summed E-state index contributed by atoms with van der Waals surface area (Å²) in [5.74, 6) is 0.472. The highest BCUT2D eigenvalue weighted by Crippen LogP contribution is 2.24. The molecule has 128 valence electrons. The van der Waals surface area contributed by atoms with Crippen LogP contribution in [0.5, 0.6) is 0 Å². The number of halogens is 1. The molecule has 6 nitrogen and oxygen atoms in total. The van der Waals surface area contributed by atoms with E-state index in [2.05, 4.69) is 20.7 Å². The number of carbonyl (C=O) groups excluding carboxylic acids is 1. The lowest BCUT2D eigenvalue weighted by atomic mass is 9.98. The number of aromatic nitrogens is 3. The number of benzene rings is 1. The molecule has 1 aliphatic heterocycles. The first-order valence-electron chi connectivity index (χ1n) is 8.22. The Morgan fingerprint density at radius 2 is 2.17 bits per heavy atom. The van der Waals surface area contributed by atoms with Crippen LogP contribution in [0, 0.1) is 5.82 Å². The quantitative estimate of drug-likeness (QED) is 0.901. The van der Waals surface area contributed by atoms with Gasteiger partial charge < -0.3 is 5.32 Å². The summed E-state index contributed by atoms with van der Waals surface area (Å²) >= 11 is 0. The van der Waals surface area contributed by atoms with E-state index < -0.39 is 5.92 Å². The maximum Gasteiger partial charge on any atom is 0.233 e. The summed E-state index contributed by atoms with van der Waals surface area (Å²) in [6, 6.07) is 6.08. The average molecular weight is 331 g/mol. The summed E-state index contributed by atoms with van der Waals surface area (Å²) in [7, 11) is 1.76. The van der Waals surface area contributed by atoms with Crippen LogP contribution in [0.3, 0.4) is 0 Å². The maximum absolute atomic E-state index is 13.3. The summed E-state index contributed by atoms with van der Waals surface area (Å²) in [5.41, 5.74) is 0.633. The first-order chi connectivity index (χ1) is 11.5. The Morgan fingerprint density at radius 3 is 2.88 bits per heavy atom. The Labute approximate surface area is 140 Å². The van der Waals surface area contributed by atoms with Crippen LogP contribution in [0.4, 0.5) is 10.3 Å². The van der Waals surface area contributed by atoms with E-state index in [1.54, 1.807) is 30.8 Å². The zero-order valence-corrected chi connectivity index (χ0v) is 13.9. The van der Waals surface area contributed by atoms with E-state index in [0.717, 1.165) is 31.8 Å². The van der Waals surface area contributed by atoms with E-state index in [9.17, 15) is 9.18 Å². The van der Waals surface area contributed by atoms with Crippen molar-refractivity contribution in [2.75, 3.05) is 18.4 Å². The Hall–Kier alpha value is -2.28. The zero-order valence-electron chi connectivity index (χ0n) is 13.9. The fourth-order valence-electron chi connectivity index (χ4n) is 2.91. The minimum atomic E-state index is -0.472.